The molecule has 0 saturated heterocycles. The van der Waals surface area contributed by atoms with E-state index in [1.54, 1.807) is 31.2 Å². The molecule has 0 radical (unpaired) electrons. The normalized spacial score (nSPS) is 12.2. The van der Waals surface area contributed by atoms with E-state index in [1.165, 1.54) is 0 Å². The van der Waals surface area contributed by atoms with E-state index >= 15 is 0 Å². The summed E-state index contributed by atoms with van der Waals surface area (Å²) in [5, 5.41) is 9.21. The summed E-state index contributed by atoms with van der Waals surface area (Å²) in [6.45, 7) is 1.86. The number of carboxylic acid groups (broad SMARTS) is 1. The van der Waals surface area contributed by atoms with Gasteiger partial charge in [-0.2, -0.15) is 0 Å². The smallest absolute Gasteiger partial charge is 0.333 e. The number of amides is 1. The Labute approximate surface area is 223 Å². The number of carboxylic acids is 1. The van der Waals surface area contributed by atoms with Crippen LogP contribution in [-0.4, -0.2) is 79.2 Å². The quantitative estimate of drug-likeness (QED) is 0.135. The molecule has 1 atom stereocenters. The second kappa shape index (κ2) is 15.2. The van der Waals surface area contributed by atoms with Gasteiger partial charge in [-0.3, -0.25) is 9.59 Å². The summed E-state index contributed by atoms with van der Waals surface area (Å²) in [5.41, 5.74) is 0.0860. The topological polar surface area (TPSA) is 102 Å². The average Bonchev–Trinajstić information content (AvgIpc) is 2.86. The molecular formula is C27H31F4NO7. The highest BCUT2D eigenvalue weighted by atomic mass is 19.3. The molecular weight excluding hydrogens is 526 g/mol. The van der Waals surface area contributed by atoms with Crippen LogP contribution < -0.4 is 4.74 Å². The third-order valence-corrected chi connectivity index (χ3v) is 5.47. The molecule has 39 heavy (non-hydrogen) atoms. The lowest BCUT2D eigenvalue weighted by Gasteiger charge is -2.22. The van der Waals surface area contributed by atoms with E-state index in [4.69, 9.17) is 14.2 Å². The van der Waals surface area contributed by atoms with Crippen LogP contribution in [0, 0.1) is 11.6 Å². The highest BCUT2D eigenvalue weighted by molar-refractivity contribution is 6.42. The zero-order valence-electron chi connectivity index (χ0n) is 21.6. The first kappa shape index (κ1) is 31.7. The van der Waals surface area contributed by atoms with Crippen LogP contribution in [0.25, 0.3) is 0 Å². The average molecular weight is 558 g/mol. The Bertz CT molecular complexity index is 1110. The number of hydrogen-bond donors (Lipinski definition) is 1. The minimum Gasteiger partial charge on any atom is -0.492 e. The van der Waals surface area contributed by atoms with Crippen LogP contribution in [0.5, 0.6) is 5.75 Å². The van der Waals surface area contributed by atoms with Crippen molar-refractivity contribution in [2.24, 2.45) is 0 Å². The number of halogens is 4. The maximum Gasteiger partial charge on any atom is 0.333 e. The van der Waals surface area contributed by atoms with Crippen molar-refractivity contribution in [2.45, 2.75) is 38.7 Å². The molecule has 0 heterocycles. The van der Waals surface area contributed by atoms with Gasteiger partial charge in [0.2, 0.25) is 5.92 Å². The van der Waals surface area contributed by atoms with Gasteiger partial charge in [0.25, 0.3) is 11.7 Å². The molecule has 0 aliphatic rings. The zero-order chi connectivity index (χ0) is 29.0. The monoisotopic (exact) mass is 557 g/mol. The molecule has 2 aromatic rings. The van der Waals surface area contributed by atoms with Crippen LogP contribution >= 0.6 is 0 Å². The third kappa shape index (κ3) is 11.0. The Morgan fingerprint density at radius 2 is 1.67 bits per heavy atom. The highest BCUT2D eigenvalue weighted by Gasteiger charge is 2.26. The van der Waals surface area contributed by atoms with Crippen LogP contribution in [0.3, 0.4) is 0 Å². The van der Waals surface area contributed by atoms with Gasteiger partial charge in [-0.05, 0) is 43.7 Å². The molecule has 8 nitrogen and oxygen atoms in total. The van der Waals surface area contributed by atoms with E-state index in [0.29, 0.717) is 17.4 Å². The predicted octanol–water partition coefficient (Wildman–Crippen LogP) is 4.15. The number of benzene rings is 2. The number of ether oxygens (including phenoxy) is 3. The van der Waals surface area contributed by atoms with Crippen LogP contribution in [0.2, 0.25) is 0 Å². The van der Waals surface area contributed by atoms with Crippen molar-refractivity contribution in [3.05, 3.63) is 65.2 Å². The lowest BCUT2D eigenvalue weighted by molar-refractivity contribution is -0.150. The molecule has 1 N–H and O–H groups in total. The molecule has 0 saturated carbocycles. The third-order valence-electron chi connectivity index (χ3n) is 5.47. The Hall–Kier alpha value is -3.51. The van der Waals surface area contributed by atoms with Crippen molar-refractivity contribution in [2.75, 3.05) is 39.5 Å². The zero-order valence-corrected chi connectivity index (χ0v) is 21.6. The van der Waals surface area contributed by atoms with Gasteiger partial charge < -0.3 is 24.2 Å². The summed E-state index contributed by atoms with van der Waals surface area (Å²) in [5.74, 6) is -8.02. The van der Waals surface area contributed by atoms with Crippen molar-refractivity contribution >= 4 is 17.7 Å². The Morgan fingerprint density at radius 1 is 1.00 bits per heavy atom. The molecule has 0 fully saturated rings. The van der Waals surface area contributed by atoms with Crippen LogP contribution in [0.4, 0.5) is 17.6 Å². The van der Waals surface area contributed by atoms with Crippen molar-refractivity contribution < 1.29 is 51.3 Å². The second-order valence-electron chi connectivity index (χ2n) is 8.66. The van der Waals surface area contributed by atoms with E-state index in [0.717, 1.165) is 24.0 Å². The lowest BCUT2D eigenvalue weighted by atomic mass is 10.1. The van der Waals surface area contributed by atoms with Gasteiger partial charge in [0.15, 0.2) is 6.10 Å². The molecule has 2 aromatic carbocycles. The van der Waals surface area contributed by atoms with Gasteiger partial charge in [-0.15, -0.1) is 0 Å². The lowest BCUT2D eigenvalue weighted by Crippen LogP contribution is -2.41. The fraction of sp³-hybridized carbons (Fsp3) is 0.444. The van der Waals surface area contributed by atoms with Crippen LogP contribution in [0.15, 0.2) is 42.5 Å². The van der Waals surface area contributed by atoms with Gasteiger partial charge in [-0.1, -0.05) is 12.1 Å². The maximum atomic E-state index is 14.1. The van der Waals surface area contributed by atoms with Crippen molar-refractivity contribution in [3.63, 3.8) is 0 Å². The maximum absolute atomic E-state index is 14.1. The van der Waals surface area contributed by atoms with Crippen molar-refractivity contribution in [3.8, 4) is 5.75 Å². The van der Waals surface area contributed by atoms with Gasteiger partial charge in [0.1, 0.15) is 24.0 Å². The molecule has 0 spiro atoms. The summed E-state index contributed by atoms with van der Waals surface area (Å²) in [6.07, 6.45) is -1.37. The first-order chi connectivity index (χ1) is 18.4. The number of nitrogens with zero attached hydrogens (tertiary/aromatic N) is 1. The molecule has 0 aromatic heterocycles. The SMILES string of the molecule is CCOC(Cc1ccc(OCCN(CCOCCC(C)(F)F)C(=O)C(=O)c2ccc(F)cc2F)cc1)C(=O)O. The minimum absolute atomic E-state index is 0.0893. The molecule has 0 aliphatic heterocycles. The van der Waals surface area contributed by atoms with Crippen LogP contribution in [-0.2, 0) is 25.5 Å². The first-order valence-corrected chi connectivity index (χ1v) is 12.2. The molecule has 0 bridgehead atoms. The molecule has 2 rings (SSSR count). The number of carbonyl (C=O) groups is 3. The standard InChI is InChI=1S/C27H31F4NO7/c1-3-38-23(26(35)36)16-18-4-7-20(8-5-18)39-15-12-32(11-14-37-13-10-27(2,30)31)25(34)24(33)21-9-6-19(28)17-22(21)29/h4-9,17,23H,3,10-16H2,1-2H3,(H,35,36). The fourth-order valence-corrected chi connectivity index (χ4v) is 3.40. The number of carbonyl (C=O) groups excluding carboxylic acids is 2. The predicted molar refractivity (Wildman–Crippen MR) is 132 cm³/mol. The molecule has 1 unspecified atom stereocenters. The summed E-state index contributed by atoms with van der Waals surface area (Å²) in [6, 6.07) is 8.71. The van der Waals surface area contributed by atoms with E-state index in [1.807, 2.05) is 0 Å². The Balaban J connectivity index is 2.01. The first-order valence-electron chi connectivity index (χ1n) is 12.2. The van der Waals surface area contributed by atoms with Crippen molar-refractivity contribution in [1.82, 2.24) is 4.90 Å². The van der Waals surface area contributed by atoms with E-state index < -0.39 is 53.3 Å². The highest BCUT2D eigenvalue weighted by Crippen LogP contribution is 2.17. The summed E-state index contributed by atoms with van der Waals surface area (Å²) in [4.78, 5) is 37.7. The number of hydrogen-bond acceptors (Lipinski definition) is 6. The molecule has 1 amide bonds. The van der Waals surface area contributed by atoms with E-state index in [2.05, 4.69) is 0 Å². The van der Waals surface area contributed by atoms with E-state index in [9.17, 15) is 37.1 Å². The molecule has 214 valence electrons. The summed E-state index contributed by atoms with van der Waals surface area (Å²) >= 11 is 0. The number of alkyl halides is 2. The van der Waals surface area contributed by atoms with Gasteiger partial charge >= 0.3 is 5.97 Å². The second-order valence-corrected chi connectivity index (χ2v) is 8.66. The fourth-order valence-electron chi connectivity index (χ4n) is 3.40. The van der Waals surface area contributed by atoms with Gasteiger partial charge in [-0.25, -0.2) is 22.4 Å². The summed E-state index contributed by atoms with van der Waals surface area (Å²) in [7, 11) is 0. The summed E-state index contributed by atoms with van der Waals surface area (Å²) < 4.78 is 69.2. The van der Waals surface area contributed by atoms with Crippen LogP contribution in [0.1, 0.15) is 36.2 Å². The molecule has 0 aliphatic carbocycles. The largest absolute Gasteiger partial charge is 0.492 e. The van der Waals surface area contributed by atoms with Gasteiger partial charge in [0.05, 0.1) is 25.3 Å². The van der Waals surface area contributed by atoms with Gasteiger partial charge in [0, 0.05) is 32.1 Å². The number of aliphatic carboxylic acids is 1. The van der Waals surface area contributed by atoms with Crippen molar-refractivity contribution in [1.29, 1.82) is 0 Å². The number of ketones is 1. The van der Waals surface area contributed by atoms with E-state index in [-0.39, 0.29) is 45.9 Å². The molecule has 12 heteroatoms. The Kier molecular flexibility index (Phi) is 12.3. The number of Topliss-reactive ketones (excluding diaryl/α,β-unsaturated/α-hetero) is 1. The Morgan fingerprint density at radius 3 is 2.26 bits per heavy atom. The minimum atomic E-state index is -2.92. The number of rotatable bonds is 17.